The van der Waals surface area contributed by atoms with Crippen LogP contribution in [-0.2, 0) is 13.1 Å². The van der Waals surface area contributed by atoms with Gasteiger partial charge in [-0.05, 0) is 47.1 Å². The Kier molecular flexibility index (Phi) is 7.10. The van der Waals surface area contributed by atoms with Crippen molar-refractivity contribution in [1.29, 1.82) is 0 Å². The fourth-order valence-corrected chi connectivity index (χ4v) is 2.53. The van der Waals surface area contributed by atoms with E-state index < -0.39 is 0 Å². The summed E-state index contributed by atoms with van der Waals surface area (Å²) in [4.78, 5) is 9.12. The Balaban J connectivity index is 0.00000208. The van der Waals surface area contributed by atoms with Crippen LogP contribution in [0.3, 0.4) is 0 Å². The van der Waals surface area contributed by atoms with Crippen LogP contribution in [0, 0.1) is 0 Å². The molecule has 128 valence electrons. The lowest BCUT2D eigenvalue weighted by Crippen LogP contribution is -2.36. The number of guanidine groups is 1. The van der Waals surface area contributed by atoms with Crippen LogP contribution in [0.15, 0.2) is 56.8 Å². The fraction of sp³-hybridized carbons (Fsp3) is 0.250. The molecule has 0 aliphatic rings. The Hall–Kier alpha value is -1.55. The van der Waals surface area contributed by atoms with Crippen molar-refractivity contribution in [2.75, 3.05) is 6.54 Å². The molecular formula is C16H19BrIN5O. The Morgan fingerprint density at radius 1 is 1.29 bits per heavy atom. The molecule has 2 N–H and O–H groups in total. The van der Waals surface area contributed by atoms with Crippen molar-refractivity contribution >= 4 is 51.5 Å². The summed E-state index contributed by atoms with van der Waals surface area (Å²) in [5.74, 6) is 1.61. The molecule has 0 fully saturated rings. The quantitative estimate of drug-likeness (QED) is 0.317. The minimum absolute atomic E-state index is 0. The highest BCUT2D eigenvalue weighted by Gasteiger charge is 2.03. The van der Waals surface area contributed by atoms with Gasteiger partial charge in [0.25, 0.3) is 0 Å². The SMILES string of the molecule is CCNC(=NCc1cn2cc(Br)ccc2n1)NCc1ccco1.I. The first kappa shape index (κ1) is 18.8. The van der Waals surface area contributed by atoms with Gasteiger partial charge in [0.05, 0.1) is 25.0 Å². The third-order valence-corrected chi connectivity index (χ3v) is 3.69. The molecule has 8 heteroatoms. The zero-order valence-electron chi connectivity index (χ0n) is 13.2. The third-order valence-electron chi connectivity index (χ3n) is 3.22. The van der Waals surface area contributed by atoms with Crippen molar-refractivity contribution in [2.45, 2.75) is 20.0 Å². The monoisotopic (exact) mass is 503 g/mol. The molecule has 0 aromatic carbocycles. The van der Waals surface area contributed by atoms with Crippen molar-refractivity contribution in [1.82, 2.24) is 20.0 Å². The first-order chi connectivity index (χ1) is 11.2. The van der Waals surface area contributed by atoms with Gasteiger partial charge >= 0.3 is 0 Å². The molecule has 3 heterocycles. The molecule has 0 bridgehead atoms. The van der Waals surface area contributed by atoms with E-state index in [4.69, 9.17) is 4.42 Å². The number of fused-ring (bicyclic) bond motifs is 1. The molecule has 0 atom stereocenters. The average molecular weight is 504 g/mol. The van der Waals surface area contributed by atoms with Gasteiger partial charge in [0.15, 0.2) is 5.96 Å². The number of hydrogen-bond donors (Lipinski definition) is 2. The van der Waals surface area contributed by atoms with Gasteiger partial charge in [0.1, 0.15) is 11.4 Å². The summed E-state index contributed by atoms with van der Waals surface area (Å²) in [6.45, 7) is 3.93. The van der Waals surface area contributed by atoms with Gasteiger partial charge in [0, 0.05) is 23.4 Å². The molecule has 0 spiro atoms. The number of aliphatic imine (C=N–C) groups is 1. The van der Waals surface area contributed by atoms with E-state index in [1.165, 1.54) is 0 Å². The summed E-state index contributed by atoms with van der Waals surface area (Å²) in [5.41, 5.74) is 1.82. The second-order valence-corrected chi connectivity index (χ2v) is 5.89. The van der Waals surface area contributed by atoms with Crippen LogP contribution in [0.25, 0.3) is 5.65 Å². The van der Waals surface area contributed by atoms with E-state index in [1.54, 1.807) is 6.26 Å². The lowest BCUT2D eigenvalue weighted by Gasteiger charge is -2.09. The van der Waals surface area contributed by atoms with Crippen LogP contribution in [0.5, 0.6) is 0 Å². The van der Waals surface area contributed by atoms with Crippen molar-refractivity contribution in [2.24, 2.45) is 4.99 Å². The predicted octanol–water partition coefficient (Wildman–Crippen LogP) is 3.56. The van der Waals surface area contributed by atoms with E-state index in [1.807, 2.05) is 48.0 Å². The Morgan fingerprint density at radius 3 is 2.92 bits per heavy atom. The number of halogens is 2. The molecule has 24 heavy (non-hydrogen) atoms. The maximum absolute atomic E-state index is 5.31. The number of nitrogens with one attached hydrogen (secondary N) is 2. The van der Waals surface area contributed by atoms with Gasteiger partial charge in [-0.2, -0.15) is 0 Å². The number of pyridine rings is 1. The van der Waals surface area contributed by atoms with E-state index in [2.05, 4.69) is 36.5 Å². The highest BCUT2D eigenvalue weighted by atomic mass is 127. The molecule has 0 saturated carbocycles. The molecule has 3 aromatic rings. The fourth-order valence-electron chi connectivity index (χ4n) is 2.18. The zero-order chi connectivity index (χ0) is 16.1. The molecule has 3 aromatic heterocycles. The van der Waals surface area contributed by atoms with E-state index in [0.717, 1.165) is 34.1 Å². The molecule has 0 saturated heterocycles. The number of hydrogen-bond acceptors (Lipinski definition) is 3. The molecule has 0 aliphatic heterocycles. The van der Waals surface area contributed by atoms with Gasteiger partial charge in [-0.15, -0.1) is 24.0 Å². The van der Waals surface area contributed by atoms with Gasteiger partial charge in [0.2, 0.25) is 0 Å². The van der Waals surface area contributed by atoms with Crippen LogP contribution >= 0.6 is 39.9 Å². The molecule has 0 amide bonds. The summed E-state index contributed by atoms with van der Waals surface area (Å²) in [7, 11) is 0. The van der Waals surface area contributed by atoms with Crippen molar-refractivity contribution < 1.29 is 4.42 Å². The van der Waals surface area contributed by atoms with E-state index in [9.17, 15) is 0 Å². The van der Waals surface area contributed by atoms with Crippen LogP contribution in [-0.4, -0.2) is 21.9 Å². The molecule has 6 nitrogen and oxygen atoms in total. The van der Waals surface area contributed by atoms with Crippen LogP contribution in [0.4, 0.5) is 0 Å². The van der Waals surface area contributed by atoms with Crippen molar-refractivity contribution in [3.63, 3.8) is 0 Å². The molecule has 0 unspecified atom stereocenters. The van der Waals surface area contributed by atoms with Gasteiger partial charge in [-0.25, -0.2) is 9.98 Å². The van der Waals surface area contributed by atoms with Gasteiger partial charge < -0.3 is 19.5 Å². The minimum atomic E-state index is 0. The largest absolute Gasteiger partial charge is 0.467 e. The molecule has 3 rings (SSSR count). The van der Waals surface area contributed by atoms with E-state index >= 15 is 0 Å². The Labute approximate surface area is 165 Å². The normalized spacial score (nSPS) is 11.3. The maximum atomic E-state index is 5.31. The number of aromatic nitrogens is 2. The first-order valence-corrected chi connectivity index (χ1v) is 8.21. The highest BCUT2D eigenvalue weighted by Crippen LogP contribution is 2.12. The van der Waals surface area contributed by atoms with Crippen molar-refractivity contribution in [3.8, 4) is 0 Å². The standard InChI is InChI=1S/C16H18BrN5O.HI/c1-2-18-16(20-9-14-4-3-7-23-14)19-8-13-11-22-10-12(17)5-6-15(22)21-13;/h3-7,10-11H,2,8-9H2,1H3,(H2,18,19,20);1H. The first-order valence-electron chi connectivity index (χ1n) is 7.42. The number of nitrogens with zero attached hydrogens (tertiary/aromatic N) is 3. The minimum Gasteiger partial charge on any atom is -0.467 e. The number of imidazole rings is 1. The predicted molar refractivity (Wildman–Crippen MR) is 109 cm³/mol. The van der Waals surface area contributed by atoms with E-state index in [0.29, 0.717) is 13.1 Å². The smallest absolute Gasteiger partial charge is 0.192 e. The lowest BCUT2D eigenvalue weighted by atomic mass is 10.4. The molecule has 0 radical (unpaired) electrons. The Bertz CT molecular complexity index is 800. The average Bonchev–Trinajstić information content (AvgIpc) is 3.18. The molecule has 0 aliphatic carbocycles. The second-order valence-electron chi connectivity index (χ2n) is 4.97. The molecular weight excluding hydrogens is 485 g/mol. The lowest BCUT2D eigenvalue weighted by molar-refractivity contribution is 0.501. The van der Waals surface area contributed by atoms with Gasteiger partial charge in [-0.1, -0.05) is 0 Å². The van der Waals surface area contributed by atoms with Crippen LogP contribution in [0.1, 0.15) is 18.4 Å². The number of furan rings is 1. The Morgan fingerprint density at radius 2 is 2.17 bits per heavy atom. The van der Waals surface area contributed by atoms with Gasteiger partial charge in [-0.3, -0.25) is 0 Å². The zero-order valence-corrected chi connectivity index (χ0v) is 17.1. The topological polar surface area (TPSA) is 66.9 Å². The van der Waals surface area contributed by atoms with E-state index in [-0.39, 0.29) is 24.0 Å². The summed E-state index contributed by atoms with van der Waals surface area (Å²) in [5, 5.41) is 6.45. The van der Waals surface area contributed by atoms with Crippen LogP contribution < -0.4 is 10.6 Å². The van der Waals surface area contributed by atoms with Crippen molar-refractivity contribution in [3.05, 3.63) is 58.8 Å². The summed E-state index contributed by atoms with van der Waals surface area (Å²) in [6, 6.07) is 7.74. The summed E-state index contributed by atoms with van der Waals surface area (Å²) in [6.07, 6.45) is 5.63. The number of rotatable bonds is 5. The maximum Gasteiger partial charge on any atom is 0.192 e. The third kappa shape index (κ3) is 4.97. The summed E-state index contributed by atoms with van der Waals surface area (Å²) >= 11 is 3.46. The highest BCUT2D eigenvalue weighted by molar-refractivity contribution is 14.0. The van der Waals surface area contributed by atoms with Crippen LogP contribution in [0.2, 0.25) is 0 Å². The summed E-state index contributed by atoms with van der Waals surface area (Å²) < 4.78 is 8.31. The second kappa shape index (κ2) is 9.07.